The van der Waals surface area contributed by atoms with Crippen LogP contribution in [0.25, 0.3) is 0 Å². The molecule has 1 amide bonds. The molecule has 2 N–H and O–H groups in total. The summed E-state index contributed by atoms with van der Waals surface area (Å²) >= 11 is 0. The van der Waals surface area contributed by atoms with Crippen molar-refractivity contribution in [3.05, 3.63) is 83.6 Å². The molecule has 1 heterocycles. The van der Waals surface area contributed by atoms with Gasteiger partial charge < -0.3 is 10.6 Å². The van der Waals surface area contributed by atoms with Crippen LogP contribution in [-0.2, 0) is 0 Å². The van der Waals surface area contributed by atoms with Gasteiger partial charge in [0.1, 0.15) is 5.82 Å². The van der Waals surface area contributed by atoms with Gasteiger partial charge in [-0.3, -0.25) is 4.79 Å². The summed E-state index contributed by atoms with van der Waals surface area (Å²) in [4.78, 5) is 16.8. The molecule has 0 aliphatic heterocycles. The van der Waals surface area contributed by atoms with E-state index in [-0.39, 0.29) is 5.91 Å². The van der Waals surface area contributed by atoms with Crippen LogP contribution in [-0.4, -0.2) is 10.9 Å². The lowest BCUT2D eigenvalue weighted by molar-refractivity contribution is 0.102. The summed E-state index contributed by atoms with van der Waals surface area (Å²) in [6.07, 6.45) is 1.59. The molecule has 3 aromatic rings. The number of hydrogen-bond acceptors (Lipinski definition) is 4. The topological polar surface area (TPSA) is 77.8 Å². The average Bonchev–Trinajstić information content (AvgIpc) is 2.69. The third kappa shape index (κ3) is 4.71. The van der Waals surface area contributed by atoms with E-state index >= 15 is 0 Å². The van der Waals surface area contributed by atoms with E-state index in [1.807, 2.05) is 24.3 Å². The first kappa shape index (κ1) is 18.2. The monoisotopic (exact) mass is 356 g/mol. The van der Waals surface area contributed by atoms with Crippen LogP contribution in [0.4, 0.5) is 17.2 Å². The lowest BCUT2D eigenvalue weighted by atomic mass is 10.0. The number of benzene rings is 2. The summed E-state index contributed by atoms with van der Waals surface area (Å²) in [5, 5.41) is 14.9. The Hall–Kier alpha value is -3.65. The molecular weight excluding hydrogens is 336 g/mol. The Balaban J connectivity index is 1.70. The molecule has 0 spiro atoms. The molecule has 0 aliphatic carbocycles. The first-order chi connectivity index (χ1) is 13.0. The maximum absolute atomic E-state index is 12.5. The van der Waals surface area contributed by atoms with Crippen LogP contribution >= 0.6 is 0 Å². The molecular formula is C22H20N4O. The summed E-state index contributed by atoms with van der Waals surface area (Å²) in [7, 11) is 0. The standard InChI is InChI=1S/C22H20N4O/c1-15(2)17-5-9-20(10-6-17)26-22(27)18-11-12-24-21(13-18)25-19-7-3-16(14-23)4-8-19/h3-13,15H,1-2H3,(H,24,25)(H,26,27). The van der Waals surface area contributed by atoms with Crippen LogP contribution in [0.2, 0.25) is 0 Å². The molecule has 0 saturated carbocycles. The largest absolute Gasteiger partial charge is 0.340 e. The Kier molecular flexibility index (Phi) is 5.48. The summed E-state index contributed by atoms with van der Waals surface area (Å²) in [5.41, 5.74) is 3.87. The average molecular weight is 356 g/mol. The molecule has 0 fully saturated rings. The van der Waals surface area contributed by atoms with Gasteiger partial charge in [-0.15, -0.1) is 0 Å². The van der Waals surface area contributed by atoms with Crippen molar-refractivity contribution in [3.63, 3.8) is 0 Å². The lowest BCUT2D eigenvalue weighted by Gasteiger charge is -2.10. The van der Waals surface area contributed by atoms with Crippen molar-refractivity contribution in [2.45, 2.75) is 19.8 Å². The maximum Gasteiger partial charge on any atom is 0.255 e. The zero-order valence-corrected chi connectivity index (χ0v) is 15.2. The van der Waals surface area contributed by atoms with E-state index < -0.39 is 0 Å². The second-order valence-electron chi connectivity index (χ2n) is 6.47. The molecule has 3 rings (SSSR count). The molecule has 0 aliphatic rings. The Labute approximate surface area is 158 Å². The Morgan fingerprint density at radius 3 is 2.30 bits per heavy atom. The molecule has 0 atom stereocenters. The van der Waals surface area contributed by atoms with Crippen molar-refractivity contribution in [1.29, 1.82) is 5.26 Å². The Bertz CT molecular complexity index is 970. The molecule has 0 bridgehead atoms. The fourth-order valence-corrected chi connectivity index (χ4v) is 2.57. The molecule has 5 heteroatoms. The fraction of sp³-hybridized carbons (Fsp3) is 0.136. The minimum atomic E-state index is -0.197. The number of anilines is 3. The second kappa shape index (κ2) is 8.15. The minimum Gasteiger partial charge on any atom is -0.340 e. The minimum absolute atomic E-state index is 0.197. The van der Waals surface area contributed by atoms with Crippen molar-refractivity contribution in [2.75, 3.05) is 10.6 Å². The van der Waals surface area contributed by atoms with Crippen LogP contribution in [0, 0.1) is 11.3 Å². The van der Waals surface area contributed by atoms with Gasteiger partial charge in [-0.25, -0.2) is 4.98 Å². The summed E-state index contributed by atoms with van der Waals surface area (Å²) in [6, 6.07) is 20.3. The number of carbonyl (C=O) groups excluding carboxylic acids is 1. The van der Waals surface area contributed by atoms with E-state index in [0.29, 0.717) is 22.9 Å². The molecule has 134 valence electrons. The predicted octanol–water partition coefficient (Wildman–Crippen LogP) is 5.07. The van der Waals surface area contributed by atoms with Crippen LogP contribution in [0.5, 0.6) is 0 Å². The van der Waals surface area contributed by atoms with Crippen LogP contribution < -0.4 is 10.6 Å². The third-order valence-corrected chi connectivity index (χ3v) is 4.14. The van der Waals surface area contributed by atoms with Gasteiger partial charge >= 0.3 is 0 Å². The van der Waals surface area contributed by atoms with Gasteiger partial charge in [0, 0.05) is 23.1 Å². The molecule has 0 radical (unpaired) electrons. The van der Waals surface area contributed by atoms with Gasteiger partial charge in [0.2, 0.25) is 0 Å². The normalized spacial score (nSPS) is 10.3. The van der Waals surface area contributed by atoms with Crippen molar-refractivity contribution in [3.8, 4) is 6.07 Å². The molecule has 1 aromatic heterocycles. The molecule has 27 heavy (non-hydrogen) atoms. The first-order valence-electron chi connectivity index (χ1n) is 8.70. The highest BCUT2D eigenvalue weighted by Crippen LogP contribution is 2.19. The number of rotatable bonds is 5. The van der Waals surface area contributed by atoms with E-state index in [2.05, 4.69) is 35.5 Å². The highest BCUT2D eigenvalue weighted by Gasteiger charge is 2.08. The quantitative estimate of drug-likeness (QED) is 0.669. The van der Waals surface area contributed by atoms with E-state index in [1.54, 1.807) is 42.6 Å². The van der Waals surface area contributed by atoms with Gasteiger partial charge in [0.05, 0.1) is 11.6 Å². The van der Waals surface area contributed by atoms with Gasteiger partial charge in [-0.05, 0) is 60.0 Å². The number of carbonyl (C=O) groups is 1. The smallest absolute Gasteiger partial charge is 0.255 e. The number of pyridine rings is 1. The maximum atomic E-state index is 12.5. The van der Waals surface area contributed by atoms with E-state index in [1.165, 1.54) is 5.56 Å². The molecule has 0 unspecified atom stereocenters. The number of nitriles is 1. The number of amides is 1. The zero-order valence-electron chi connectivity index (χ0n) is 15.2. The Morgan fingerprint density at radius 1 is 1.00 bits per heavy atom. The lowest BCUT2D eigenvalue weighted by Crippen LogP contribution is -2.12. The van der Waals surface area contributed by atoms with Gasteiger partial charge in [0.15, 0.2) is 0 Å². The summed E-state index contributed by atoms with van der Waals surface area (Å²) in [5.74, 6) is 0.811. The number of nitrogens with one attached hydrogen (secondary N) is 2. The number of aromatic nitrogens is 1. The highest BCUT2D eigenvalue weighted by molar-refractivity contribution is 6.04. The third-order valence-electron chi connectivity index (χ3n) is 4.14. The van der Waals surface area contributed by atoms with Crippen molar-refractivity contribution < 1.29 is 4.79 Å². The Morgan fingerprint density at radius 2 is 1.67 bits per heavy atom. The highest BCUT2D eigenvalue weighted by atomic mass is 16.1. The predicted molar refractivity (Wildman–Crippen MR) is 107 cm³/mol. The van der Waals surface area contributed by atoms with E-state index in [0.717, 1.165) is 11.4 Å². The van der Waals surface area contributed by atoms with E-state index in [9.17, 15) is 4.79 Å². The van der Waals surface area contributed by atoms with Crippen LogP contribution in [0.3, 0.4) is 0 Å². The van der Waals surface area contributed by atoms with Gasteiger partial charge in [-0.2, -0.15) is 5.26 Å². The van der Waals surface area contributed by atoms with Crippen molar-refractivity contribution >= 4 is 23.1 Å². The number of hydrogen-bond donors (Lipinski definition) is 2. The molecule has 0 saturated heterocycles. The number of nitrogens with zero attached hydrogens (tertiary/aromatic N) is 2. The first-order valence-corrected chi connectivity index (χ1v) is 8.70. The van der Waals surface area contributed by atoms with Gasteiger partial charge in [0.25, 0.3) is 5.91 Å². The summed E-state index contributed by atoms with van der Waals surface area (Å²) in [6.45, 7) is 4.26. The SMILES string of the molecule is CC(C)c1ccc(NC(=O)c2ccnc(Nc3ccc(C#N)cc3)c2)cc1. The fourth-order valence-electron chi connectivity index (χ4n) is 2.57. The van der Waals surface area contributed by atoms with Gasteiger partial charge in [-0.1, -0.05) is 26.0 Å². The summed E-state index contributed by atoms with van der Waals surface area (Å²) < 4.78 is 0. The van der Waals surface area contributed by atoms with Crippen molar-refractivity contribution in [2.24, 2.45) is 0 Å². The second-order valence-corrected chi connectivity index (χ2v) is 6.47. The molecule has 2 aromatic carbocycles. The van der Waals surface area contributed by atoms with Crippen LogP contribution in [0.1, 0.15) is 41.3 Å². The molecule has 5 nitrogen and oxygen atoms in total. The van der Waals surface area contributed by atoms with E-state index in [4.69, 9.17) is 5.26 Å². The zero-order chi connectivity index (χ0) is 19.2. The van der Waals surface area contributed by atoms with Crippen LogP contribution in [0.15, 0.2) is 66.9 Å². The van der Waals surface area contributed by atoms with Crippen molar-refractivity contribution in [1.82, 2.24) is 4.98 Å².